The Balaban J connectivity index is 1.64. The molecular formula is C35H46ClN3O6S. The number of benzene rings is 3. The van der Waals surface area contributed by atoms with Crippen LogP contribution in [0.4, 0.5) is 5.69 Å². The number of ether oxygens (including phenoxy) is 2. The Kier molecular flexibility index (Phi) is 12.9. The van der Waals surface area contributed by atoms with Crippen LogP contribution in [0.2, 0.25) is 5.02 Å². The van der Waals surface area contributed by atoms with Gasteiger partial charge in [-0.3, -0.25) is 14.4 Å². The minimum absolute atomic E-state index is 0.0424. The van der Waals surface area contributed by atoms with E-state index in [1.165, 1.54) is 35.9 Å². The van der Waals surface area contributed by atoms with Crippen molar-refractivity contribution in [2.75, 3.05) is 38.1 Å². The molecule has 0 saturated heterocycles. The van der Waals surface area contributed by atoms with E-state index in [0.717, 1.165) is 25.8 Å². The zero-order valence-corrected chi connectivity index (χ0v) is 28.6. The van der Waals surface area contributed by atoms with Gasteiger partial charge in [-0.1, -0.05) is 48.9 Å². The van der Waals surface area contributed by atoms with Crippen LogP contribution in [0.1, 0.15) is 56.0 Å². The summed E-state index contributed by atoms with van der Waals surface area (Å²) in [6.45, 7) is 7.91. The number of anilines is 1. The number of aliphatic hydroxyl groups excluding tert-OH is 1. The molecule has 1 heterocycles. The van der Waals surface area contributed by atoms with Gasteiger partial charge in [0, 0.05) is 42.9 Å². The third-order valence-corrected chi connectivity index (χ3v) is 9.86. The van der Waals surface area contributed by atoms with Crippen LogP contribution in [0, 0.1) is 5.92 Å². The molecule has 3 aromatic carbocycles. The number of nitrogens with zero attached hydrogens (tertiary/aromatic N) is 2. The first-order valence-corrected chi connectivity index (χ1v) is 17.7. The van der Waals surface area contributed by atoms with E-state index < -0.39 is 16.1 Å². The van der Waals surface area contributed by atoms with Gasteiger partial charge in [-0.25, -0.2) is 8.42 Å². The molecule has 0 radical (unpaired) electrons. The fourth-order valence-electron chi connectivity index (χ4n) is 5.54. The van der Waals surface area contributed by atoms with Gasteiger partial charge in [0.25, 0.3) is 15.9 Å². The Bertz CT molecular complexity index is 1520. The molecule has 1 amide bonds. The molecule has 0 fully saturated rings. The maximum Gasteiger partial charge on any atom is 0.261 e. The molecule has 1 aliphatic rings. The van der Waals surface area contributed by atoms with Crippen LogP contribution >= 0.6 is 11.6 Å². The fraction of sp³-hybridized carbons (Fsp3) is 0.457. The predicted molar refractivity (Wildman–Crippen MR) is 182 cm³/mol. The van der Waals surface area contributed by atoms with E-state index in [0.29, 0.717) is 30.5 Å². The summed E-state index contributed by atoms with van der Waals surface area (Å²) in [6.07, 6.45) is 2.16. The van der Waals surface area contributed by atoms with Crippen LogP contribution in [0.15, 0.2) is 77.7 Å². The lowest BCUT2D eigenvalue weighted by atomic mass is 10.0. The summed E-state index contributed by atoms with van der Waals surface area (Å²) in [7, 11) is -1.89. The van der Waals surface area contributed by atoms with Gasteiger partial charge in [0.1, 0.15) is 5.75 Å². The van der Waals surface area contributed by atoms with Gasteiger partial charge >= 0.3 is 0 Å². The van der Waals surface area contributed by atoms with Crippen molar-refractivity contribution in [2.24, 2.45) is 5.92 Å². The van der Waals surface area contributed by atoms with Crippen LogP contribution in [-0.4, -0.2) is 80.8 Å². The number of sulfonamides is 1. The molecule has 0 spiro atoms. The molecule has 1 aliphatic heterocycles. The Hall–Kier alpha value is -3.15. The molecular weight excluding hydrogens is 626 g/mol. The lowest BCUT2D eigenvalue weighted by molar-refractivity contribution is -0.0177. The number of fused-ring (bicyclic) bond motifs is 1. The van der Waals surface area contributed by atoms with Gasteiger partial charge in [0.15, 0.2) is 0 Å². The van der Waals surface area contributed by atoms with Gasteiger partial charge in [-0.05, 0) is 88.2 Å². The number of hydrogen-bond acceptors (Lipinski definition) is 7. The average Bonchev–Trinajstić information content (AvgIpc) is 3.03. The van der Waals surface area contributed by atoms with Gasteiger partial charge < -0.3 is 19.5 Å². The van der Waals surface area contributed by atoms with Gasteiger partial charge in [-0.15, -0.1) is 0 Å². The number of hydrogen-bond donors (Lipinski definition) is 2. The summed E-state index contributed by atoms with van der Waals surface area (Å²) in [5.74, 6) is -0.0761. The molecule has 46 heavy (non-hydrogen) atoms. The molecule has 0 aromatic heterocycles. The Morgan fingerprint density at radius 2 is 1.78 bits per heavy atom. The first-order chi connectivity index (χ1) is 22.0. The van der Waals surface area contributed by atoms with Crippen LogP contribution in [-0.2, 0) is 21.3 Å². The second-order valence-electron chi connectivity index (χ2n) is 12.3. The number of carbonyl (C=O) groups excluding carboxylic acids is 1. The van der Waals surface area contributed by atoms with E-state index in [9.17, 15) is 18.3 Å². The van der Waals surface area contributed by atoms with E-state index in [-0.39, 0.29) is 46.8 Å². The minimum atomic E-state index is -3.95. The minimum Gasteiger partial charge on any atom is -0.490 e. The number of nitrogens with one attached hydrogen (secondary N) is 1. The van der Waals surface area contributed by atoms with Crippen LogP contribution < -0.4 is 9.46 Å². The predicted octanol–water partition coefficient (Wildman–Crippen LogP) is 6.07. The van der Waals surface area contributed by atoms with Crippen molar-refractivity contribution in [1.82, 2.24) is 9.80 Å². The second-order valence-corrected chi connectivity index (χ2v) is 14.4. The van der Waals surface area contributed by atoms with Gasteiger partial charge in [-0.2, -0.15) is 0 Å². The summed E-state index contributed by atoms with van der Waals surface area (Å²) >= 11 is 5.95. The normalized spacial score (nSPS) is 20.8. The lowest BCUT2D eigenvalue weighted by Gasteiger charge is -2.36. The quantitative estimate of drug-likeness (QED) is 0.284. The summed E-state index contributed by atoms with van der Waals surface area (Å²) in [4.78, 5) is 18.2. The largest absolute Gasteiger partial charge is 0.490 e. The van der Waals surface area contributed by atoms with Gasteiger partial charge in [0.2, 0.25) is 0 Å². The van der Waals surface area contributed by atoms with Crippen molar-refractivity contribution in [3.8, 4) is 5.75 Å². The number of amides is 1. The highest BCUT2D eigenvalue weighted by Crippen LogP contribution is 2.30. The first-order valence-electron chi connectivity index (χ1n) is 15.8. The van der Waals surface area contributed by atoms with E-state index in [1.54, 1.807) is 24.0 Å². The Morgan fingerprint density at radius 3 is 2.48 bits per heavy atom. The number of rotatable bonds is 9. The number of carbonyl (C=O) groups is 1. The van der Waals surface area contributed by atoms with Crippen LogP contribution in [0.25, 0.3) is 0 Å². The van der Waals surface area contributed by atoms with E-state index in [4.69, 9.17) is 21.1 Å². The second kappa shape index (κ2) is 16.6. The van der Waals surface area contributed by atoms with Crippen molar-refractivity contribution in [2.45, 2.75) is 69.7 Å². The van der Waals surface area contributed by atoms with E-state index >= 15 is 0 Å². The molecule has 9 nitrogen and oxygen atoms in total. The standard InChI is InChI=1S/C35H46ClN3O6S/c1-25-21-39(26(2)24-40)35(41)32-20-30(37-46(42,43)31-16-13-29(36)14-17-31)15-18-33(32)45-27(3)10-8-9-19-44-34(25)23-38(4)22-28-11-6-5-7-12-28/h5-7,11-18,20,25-27,34,37,40H,8-10,19,21-24H2,1-4H3/t25-,26+,27-,34-/m0/s1. The molecule has 0 bridgehead atoms. The van der Waals surface area contributed by atoms with Gasteiger partial charge in [0.05, 0.1) is 35.3 Å². The average molecular weight is 672 g/mol. The van der Waals surface area contributed by atoms with Crippen molar-refractivity contribution in [3.05, 3.63) is 88.9 Å². The molecule has 0 unspecified atom stereocenters. The summed E-state index contributed by atoms with van der Waals surface area (Å²) < 4.78 is 41.6. The summed E-state index contributed by atoms with van der Waals surface area (Å²) in [5.41, 5.74) is 1.64. The first kappa shape index (κ1) is 35.7. The fourth-order valence-corrected chi connectivity index (χ4v) is 6.72. The van der Waals surface area contributed by atoms with Crippen molar-refractivity contribution < 1.29 is 27.8 Å². The maximum atomic E-state index is 14.3. The molecule has 0 aliphatic carbocycles. The van der Waals surface area contributed by atoms with Crippen molar-refractivity contribution in [1.29, 1.82) is 0 Å². The topological polar surface area (TPSA) is 108 Å². The smallest absolute Gasteiger partial charge is 0.261 e. The zero-order valence-electron chi connectivity index (χ0n) is 27.1. The lowest BCUT2D eigenvalue weighted by Crippen LogP contribution is -2.47. The highest BCUT2D eigenvalue weighted by atomic mass is 35.5. The van der Waals surface area contributed by atoms with Crippen LogP contribution in [0.5, 0.6) is 5.75 Å². The Morgan fingerprint density at radius 1 is 1.07 bits per heavy atom. The molecule has 250 valence electrons. The number of likely N-dealkylation sites (N-methyl/N-ethyl adjacent to an activating group) is 1. The SMILES string of the molecule is C[C@H](CO)N1C[C@H](C)[C@H](CN(C)Cc2ccccc2)OCCCC[C@H](C)Oc2ccc(NS(=O)(=O)c3ccc(Cl)cc3)cc2C1=O. The number of aliphatic hydroxyl groups is 1. The molecule has 4 rings (SSSR count). The highest BCUT2D eigenvalue weighted by Gasteiger charge is 2.30. The van der Waals surface area contributed by atoms with Crippen molar-refractivity contribution >= 4 is 33.2 Å². The molecule has 4 atom stereocenters. The van der Waals surface area contributed by atoms with Crippen molar-refractivity contribution in [3.63, 3.8) is 0 Å². The van der Waals surface area contributed by atoms with E-state index in [1.807, 2.05) is 25.1 Å². The Labute approximate surface area is 278 Å². The third kappa shape index (κ3) is 9.92. The number of halogens is 1. The summed E-state index contributed by atoms with van der Waals surface area (Å²) in [6, 6.07) is 20.3. The molecule has 3 aromatic rings. The molecule has 11 heteroatoms. The highest BCUT2D eigenvalue weighted by molar-refractivity contribution is 7.92. The van der Waals surface area contributed by atoms with Crippen LogP contribution in [0.3, 0.4) is 0 Å². The maximum absolute atomic E-state index is 14.3. The molecule has 0 saturated carbocycles. The third-order valence-electron chi connectivity index (χ3n) is 8.21. The summed E-state index contributed by atoms with van der Waals surface area (Å²) in [5, 5.41) is 10.6. The van der Waals surface area contributed by atoms with E-state index in [2.05, 4.69) is 35.7 Å². The molecule has 2 N–H and O–H groups in total. The monoisotopic (exact) mass is 671 g/mol. The zero-order chi connectivity index (χ0) is 33.3.